The molecule has 1 amide bonds. The molecule has 0 saturated carbocycles. The second kappa shape index (κ2) is 5.54. The standard InChI is InChI=1S/C16H19NO2S/c1-11(18)14-7-4-5-9-17(14)16(19)13-10-20-15-8-3-2-6-12(13)15/h2-3,6,8,10-11,14,18H,4-5,7,9H2,1H3/t11-,14+/m0/s1. The number of thiophene rings is 1. The lowest BCUT2D eigenvalue weighted by molar-refractivity contribution is 0.0283. The van der Waals surface area contributed by atoms with E-state index < -0.39 is 6.10 Å². The first-order chi connectivity index (χ1) is 9.68. The molecule has 20 heavy (non-hydrogen) atoms. The van der Waals surface area contributed by atoms with Crippen molar-refractivity contribution in [2.45, 2.75) is 38.3 Å². The highest BCUT2D eigenvalue weighted by Gasteiger charge is 2.31. The number of piperidine rings is 1. The minimum absolute atomic E-state index is 0.0464. The summed E-state index contributed by atoms with van der Waals surface area (Å²) in [7, 11) is 0. The molecule has 0 unspecified atom stereocenters. The third kappa shape index (κ3) is 2.34. The zero-order valence-electron chi connectivity index (χ0n) is 11.6. The van der Waals surface area contributed by atoms with Crippen molar-refractivity contribution in [2.24, 2.45) is 0 Å². The molecule has 1 saturated heterocycles. The van der Waals surface area contributed by atoms with Crippen molar-refractivity contribution in [3.05, 3.63) is 35.2 Å². The number of aliphatic hydroxyl groups is 1. The minimum atomic E-state index is -0.468. The van der Waals surface area contributed by atoms with E-state index >= 15 is 0 Å². The minimum Gasteiger partial charge on any atom is -0.391 e. The largest absolute Gasteiger partial charge is 0.391 e. The van der Waals surface area contributed by atoms with Gasteiger partial charge in [0, 0.05) is 22.0 Å². The highest BCUT2D eigenvalue weighted by atomic mass is 32.1. The molecule has 106 valence electrons. The van der Waals surface area contributed by atoms with Crippen LogP contribution in [0.3, 0.4) is 0 Å². The summed E-state index contributed by atoms with van der Waals surface area (Å²) in [4.78, 5) is 14.7. The molecule has 1 aromatic carbocycles. The smallest absolute Gasteiger partial charge is 0.255 e. The molecule has 2 atom stereocenters. The summed E-state index contributed by atoms with van der Waals surface area (Å²) >= 11 is 1.61. The Morgan fingerprint density at radius 2 is 2.20 bits per heavy atom. The fourth-order valence-electron chi connectivity index (χ4n) is 3.01. The van der Waals surface area contributed by atoms with Gasteiger partial charge in [-0.3, -0.25) is 4.79 Å². The predicted molar refractivity (Wildman–Crippen MR) is 82.2 cm³/mol. The molecule has 1 aliphatic rings. The second-order valence-electron chi connectivity index (χ2n) is 5.45. The first-order valence-electron chi connectivity index (χ1n) is 7.14. The van der Waals surface area contributed by atoms with Gasteiger partial charge in [0.1, 0.15) is 0 Å². The molecule has 1 aromatic heterocycles. The fraction of sp³-hybridized carbons (Fsp3) is 0.438. The van der Waals surface area contributed by atoms with Gasteiger partial charge in [-0.1, -0.05) is 18.2 Å². The van der Waals surface area contributed by atoms with Crippen molar-refractivity contribution < 1.29 is 9.90 Å². The van der Waals surface area contributed by atoms with Crippen molar-refractivity contribution in [1.82, 2.24) is 4.90 Å². The van der Waals surface area contributed by atoms with Gasteiger partial charge in [0.05, 0.1) is 17.7 Å². The Hall–Kier alpha value is -1.39. The SMILES string of the molecule is C[C@H](O)[C@H]1CCCCN1C(=O)c1csc2ccccc12. The Bertz CT molecular complexity index is 620. The lowest BCUT2D eigenvalue weighted by Gasteiger charge is -2.37. The Morgan fingerprint density at radius 1 is 1.40 bits per heavy atom. The fourth-order valence-corrected chi connectivity index (χ4v) is 3.94. The van der Waals surface area contributed by atoms with Gasteiger partial charge < -0.3 is 10.0 Å². The average Bonchev–Trinajstić information content (AvgIpc) is 2.90. The molecule has 1 fully saturated rings. The summed E-state index contributed by atoms with van der Waals surface area (Å²) in [6.07, 6.45) is 2.54. The van der Waals surface area contributed by atoms with Crippen LogP contribution in [0.15, 0.2) is 29.6 Å². The first-order valence-corrected chi connectivity index (χ1v) is 8.01. The molecule has 1 aliphatic heterocycles. The third-order valence-corrected chi connectivity index (χ3v) is 5.04. The van der Waals surface area contributed by atoms with E-state index in [-0.39, 0.29) is 11.9 Å². The van der Waals surface area contributed by atoms with Gasteiger partial charge in [0.2, 0.25) is 0 Å². The van der Waals surface area contributed by atoms with Crippen molar-refractivity contribution in [1.29, 1.82) is 0 Å². The van der Waals surface area contributed by atoms with Crippen LogP contribution in [-0.2, 0) is 0 Å². The molecule has 0 bridgehead atoms. The molecule has 3 rings (SSSR count). The molecule has 1 N–H and O–H groups in total. The number of hydrogen-bond acceptors (Lipinski definition) is 3. The number of aliphatic hydroxyl groups excluding tert-OH is 1. The van der Waals surface area contributed by atoms with Crippen LogP contribution in [0.2, 0.25) is 0 Å². The second-order valence-corrected chi connectivity index (χ2v) is 6.36. The number of likely N-dealkylation sites (tertiary alicyclic amines) is 1. The van der Waals surface area contributed by atoms with Crippen LogP contribution in [0.1, 0.15) is 36.5 Å². The van der Waals surface area contributed by atoms with Gasteiger partial charge in [-0.15, -0.1) is 11.3 Å². The van der Waals surface area contributed by atoms with Gasteiger partial charge in [-0.25, -0.2) is 0 Å². The van der Waals surface area contributed by atoms with Crippen molar-refractivity contribution in [3.8, 4) is 0 Å². The summed E-state index contributed by atoms with van der Waals surface area (Å²) in [5.41, 5.74) is 0.776. The highest BCUT2D eigenvalue weighted by molar-refractivity contribution is 7.17. The van der Waals surface area contributed by atoms with Gasteiger partial charge in [0.15, 0.2) is 0 Å². The number of rotatable bonds is 2. The van der Waals surface area contributed by atoms with Gasteiger partial charge in [-0.2, -0.15) is 0 Å². The van der Waals surface area contributed by atoms with E-state index in [4.69, 9.17) is 0 Å². The van der Waals surface area contributed by atoms with Crippen LogP contribution in [-0.4, -0.2) is 34.6 Å². The number of carbonyl (C=O) groups is 1. The number of amides is 1. The van der Waals surface area contributed by atoms with Crippen molar-refractivity contribution >= 4 is 27.3 Å². The molecular formula is C16H19NO2S. The van der Waals surface area contributed by atoms with Crippen LogP contribution in [0.25, 0.3) is 10.1 Å². The summed E-state index contributed by atoms with van der Waals surface area (Å²) in [6, 6.07) is 7.95. The Morgan fingerprint density at radius 3 is 3.00 bits per heavy atom. The van der Waals surface area contributed by atoms with Crippen molar-refractivity contribution in [3.63, 3.8) is 0 Å². The maximum atomic E-state index is 12.8. The van der Waals surface area contributed by atoms with Crippen LogP contribution in [0, 0.1) is 0 Å². The maximum absolute atomic E-state index is 12.8. The normalized spacial score (nSPS) is 21.1. The van der Waals surface area contributed by atoms with Gasteiger partial charge >= 0.3 is 0 Å². The Kier molecular flexibility index (Phi) is 3.76. The monoisotopic (exact) mass is 289 g/mol. The summed E-state index contributed by atoms with van der Waals surface area (Å²) in [5.74, 6) is 0.0630. The highest BCUT2D eigenvalue weighted by Crippen LogP contribution is 2.29. The topological polar surface area (TPSA) is 40.5 Å². The molecule has 2 aromatic rings. The van der Waals surface area contributed by atoms with Gasteiger partial charge in [0.25, 0.3) is 5.91 Å². The predicted octanol–water partition coefficient (Wildman–Crippen LogP) is 3.28. The zero-order valence-corrected chi connectivity index (χ0v) is 12.4. The zero-order chi connectivity index (χ0) is 14.1. The molecular weight excluding hydrogens is 270 g/mol. The Balaban J connectivity index is 1.94. The molecule has 2 heterocycles. The lowest BCUT2D eigenvalue weighted by atomic mass is 9.97. The van der Waals surface area contributed by atoms with E-state index in [1.165, 1.54) is 0 Å². The number of fused-ring (bicyclic) bond motifs is 1. The molecule has 3 nitrogen and oxygen atoms in total. The van der Waals surface area contributed by atoms with Crippen LogP contribution in [0.5, 0.6) is 0 Å². The van der Waals surface area contributed by atoms with E-state index in [0.29, 0.717) is 0 Å². The van der Waals surface area contributed by atoms with E-state index in [0.717, 1.165) is 41.5 Å². The summed E-state index contributed by atoms with van der Waals surface area (Å²) in [5, 5.41) is 12.9. The number of nitrogens with zero attached hydrogens (tertiary/aromatic N) is 1. The number of hydrogen-bond donors (Lipinski definition) is 1. The summed E-state index contributed by atoms with van der Waals surface area (Å²) in [6.45, 7) is 2.53. The molecule has 0 radical (unpaired) electrons. The van der Waals surface area contributed by atoms with Crippen LogP contribution >= 0.6 is 11.3 Å². The number of carbonyl (C=O) groups excluding carboxylic acids is 1. The van der Waals surface area contributed by atoms with E-state index in [1.807, 2.05) is 34.5 Å². The maximum Gasteiger partial charge on any atom is 0.255 e. The average molecular weight is 289 g/mol. The Labute approximate surface area is 122 Å². The van der Waals surface area contributed by atoms with Crippen LogP contribution in [0.4, 0.5) is 0 Å². The first kappa shape index (κ1) is 13.6. The third-order valence-electron chi connectivity index (χ3n) is 4.08. The molecule has 0 aliphatic carbocycles. The van der Waals surface area contributed by atoms with E-state index in [9.17, 15) is 9.90 Å². The molecule has 4 heteroatoms. The van der Waals surface area contributed by atoms with Crippen LogP contribution < -0.4 is 0 Å². The van der Waals surface area contributed by atoms with E-state index in [1.54, 1.807) is 18.3 Å². The van der Waals surface area contributed by atoms with Crippen molar-refractivity contribution in [2.75, 3.05) is 6.54 Å². The molecule has 0 spiro atoms. The van der Waals surface area contributed by atoms with Gasteiger partial charge in [-0.05, 0) is 32.3 Å². The number of benzene rings is 1. The van der Waals surface area contributed by atoms with E-state index in [2.05, 4.69) is 0 Å². The lowest BCUT2D eigenvalue weighted by Crippen LogP contribution is -2.48. The quantitative estimate of drug-likeness (QED) is 0.921. The summed E-state index contributed by atoms with van der Waals surface area (Å²) < 4.78 is 1.14.